The molecule has 1 fully saturated rings. The third-order valence-corrected chi connectivity index (χ3v) is 2.52. The predicted molar refractivity (Wildman–Crippen MR) is 59.7 cm³/mol. The minimum atomic E-state index is -0.302. The fourth-order valence-corrected chi connectivity index (χ4v) is 1.51. The Bertz CT molecular complexity index is 271. The topological polar surface area (TPSA) is 46.6 Å². The van der Waals surface area contributed by atoms with Crippen molar-refractivity contribution in [3.63, 3.8) is 0 Å². The first-order valence-electron chi connectivity index (χ1n) is 5.62. The van der Waals surface area contributed by atoms with Crippen LogP contribution >= 0.6 is 0 Å². The van der Waals surface area contributed by atoms with Crippen molar-refractivity contribution in [1.29, 1.82) is 0 Å². The molecule has 0 aromatic carbocycles. The first-order valence-corrected chi connectivity index (χ1v) is 5.62. The average Bonchev–Trinajstić information content (AvgIpc) is 2.49. The van der Waals surface area contributed by atoms with E-state index in [2.05, 4.69) is 0 Å². The third kappa shape index (κ3) is 4.61. The summed E-state index contributed by atoms with van der Waals surface area (Å²) in [7, 11) is 6.12. The molecule has 1 rings (SSSR count). The van der Waals surface area contributed by atoms with Crippen LogP contribution in [-0.4, -0.2) is 68.6 Å². The number of hydrogen-bond acceptors (Lipinski definition) is 3. The van der Waals surface area contributed by atoms with Gasteiger partial charge in [0.05, 0.1) is 21.1 Å². The van der Waals surface area contributed by atoms with E-state index >= 15 is 0 Å². The summed E-state index contributed by atoms with van der Waals surface area (Å²) in [5.41, 5.74) is 0. The van der Waals surface area contributed by atoms with Gasteiger partial charge in [-0.1, -0.05) is 0 Å². The number of ether oxygens (including phenoxy) is 1. The average molecular weight is 229 g/mol. The molecule has 1 aliphatic heterocycles. The minimum Gasteiger partial charge on any atom is -0.458 e. The van der Waals surface area contributed by atoms with E-state index in [4.69, 9.17) is 4.74 Å². The van der Waals surface area contributed by atoms with E-state index in [9.17, 15) is 9.59 Å². The molecule has 1 aliphatic rings. The Labute approximate surface area is 96.5 Å². The van der Waals surface area contributed by atoms with E-state index in [1.807, 2.05) is 21.1 Å². The number of hydrogen-bond donors (Lipinski definition) is 0. The van der Waals surface area contributed by atoms with Gasteiger partial charge in [0.25, 0.3) is 0 Å². The van der Waals surface area contributed by atoms with Crippen LogP contribution in [0.2, 0.25) is 0 Å². The van der Waals surface area contributed by atoms with Crippen LogP contribution < -0.4 is 0 Å². The maximum Gasteiger partial charge on any atom is 0.325 e. The highest BCUT2D eigenvalue weighted by Crippen LogP contribution is 2.08. The van der Waals surface area contributed by atoms with Crippen LogP contribution in [0, 0.1) is 0 Å². The van der Waals surface area contributed by atoms with Gasteiger partial charge < -0.3 is 14.1 Å². The summed E-state index contributed by atoms with van der Waals surface area (Å²) < 4.78 is 5.84. The lowest BCUT2D eigenvalue weighted by atomic mass is 10.4. The van der Waals surface area contributed by atoms with Crippen LogP contribution in [0.3, 0.4) is 0 Å². The Morgan fingerprint density at radius 1 is 1.44 bits per heavy atom. The lowest BCUT2D eigenvalue weighted by Gasteiger charge is -2.23. The van der Waals surface area contributed by atoms with Gasteiger partial charge in [0.15, 0.2) is 0 Å². The Morgan fingerprint density at radius 2 is 2.12 bits per heavy atom. The number of nitrogens with zero attached hydrogens (tertiary/aromatic N) is 2. The second-order valence-electron chi connectivity index (χ2n) is 5.15. The molecule has 0 spiro atoms. The number of carbonyl (C=O) groups excluding carboxylic acids is 2. The molecule has 5 heteroatoms. The fourth-order valence-electron chi connectivity index (χ4n) is 1.51. The summed E-state index contributed by atoms with van der Waals surface area (Å²) in [4.78, 5) is 24.2. The summed E-state index contributed by atoms with van der Waals surface area (Å²) in [6, 6.07) is 0. The molecule has 16 heavy (non-hydrogen) atoms. The largest absolute Gasteiger partial charge is 0.458 e. The zero-order chi connectivity index (χ0) is 12.2. The van der Waals surface area contributed by atoms with Crippen molar-refractivity contribution < 1.29 is 18.8 Å². The number of carbonyl (C=O) groups is 2. The molecule has 0 aromatic rings. The molecule has 1 amide bonds. The summed E-state index contributed by atoms with van der Waals surface area (Å²) >= 11 is 0. The molecule has 0 aromatic heterocycles. The van der Waals surface area contributed by atoms with E-state index < -0.39 is 0 Å². The molecule has 0 aliphatic carbocycles. The van der Waals surface area contributed by atoms with Crippen LogP contribution in [0.1, 0.15) is 12.8 Å². The highest BCUT2D eigenvalue weighted by Gasteiger charge is 2.23. The Hall–Kier alpha value is -1.10. The van der Waals surface area contributed by atoms with Gasteiger partial charge in [-0.05, 0) is 6.42 Å². The third-order valence-electron chi connectivity index (χ3n) is 2.52. The first kappa shape index (κ1) is 13.0. The van der Waals surface area contributed by atoms with Crippen molar-refractivity contribution in [2.24, 2.45) is 0 Å². The van der Waals surface area contributed by atoms with Gasteiger partial charge in [-0.2, -0.15) is 0 Å². The summed E-state index contributed by atoms with van der Waals surface area (Å²) in [5, 5.41) is 0. The van der Waals surface area contributed by atoms with Crippen molar-refractivity contribution >= 4 is 11.9 Å². The van der Waals surface area contributed by atoms with Crippen LogP contribution in [0.4, 0.5) is 0 Å². The van der Waals surface area contributed by atoms with Crippen LogP contribution in [0.5, 0.6) is 0 Å². The molecule has 5 nitrogen and oxygen atoms in total. The predicted octanol–water partition coefficient (Wildman–Crippen LogP) is -0.142. The number of amides is 1. The van der Waals surface area contributed by atoms with Crippen molar-refractivity contribution in [3.05, 3.63) is 0 Å². The lowest BCUT2D eigenvalue weighted by molar-refractivity contribution is -0.870. The minimum absolute atomic E-state index is 0.0588. The second kappa shape index (κ2) is 5.30. The van der Waals surface area contributed by atoms with Gasteiger partial charge in [0, 0.05) is 13.0 Å². The molecule has 0 radical (unpaired) electrons. The number of esters is 1. The zero-order valence-electron chi connectivity index (χ0n) is 10.4. The highest BCUT2D eigenvalue weighted by molar-refractivity contribution is 5.83. The maximum absolute atomic E-state index is 11.4. The van der Waals surface area contributed by atoms with Crippen molar-refractivity contribution in [1.82, 2.24) is 4.90 Å². The van der Waals surface area contributed by atoms with Crippen molar-refractivity contribution in [2.75, 3.05) is 47.4 Å². The van der Waals surface area contributed by atoms with Gasteiger partial charge >= 0.3 is 5.97 Å². The molecule has 1 saturated heterocycles. The van der Waals surface area contributed by atoms with Crippen LogP contribution in [-0.2, 0) is 14.3 Å². The molecule has 0 saturated carbocycles. The van der Waals surface area contributed by atoms with E-state index in [-0.39, 0.29) is 18.4 Å². The normalized spacial score (nSPS) is 16.7. The maximum atomic E-state index is 11.4. The SMILES string of the molecule is C[N+](C)(C)CCOC(=O)CN1CCCC1=O. The zero-order valence-corrected chi connectivity index (χ0v) is 10.4. The van der Waals surface area contributed by atoms with Crippen LogP contribution in [0.25, 0.3) is 0 Å². The monoisotopic (exact) mass is 229 g/mol. The molecular formula is C11H21N2O3+. The van der Waals surface area contributed by atoms with Crippen molar-refractivity contribution in [2.45, 2.75) is 12.8 Å². The van der Waals surface area contributed by atoms with Crippen molar-refractivity contribution in [3.8, 4) is 0 Å². The van der Waals surface area contributed by atoms with Gasteiger partial charge in [-0.3, -0.25) is 9.59 Å². The van der Waals surface area contributed by atoms with Gasteiger partial charge in [-0.15, -0.1) is 0 Å². The van der Waals surface area contributed by atoms with E-state index in [0.29, 0.717) is 19.6 Å². The Balaban J connectivity index is 2.18. The summed E-state index contributed by atoms with van der Waals surface area (Å²) in [6.07, 6.45) is 1.41. The Morgan fingerprint density at radius 3 is 2.62 bits per heavy atom. The Kier molecular flexibility index (Phi) is 4.29. The molecule has 0 atom stereocenters. The molecule has 0 bridgehead atoms. The molecule has 0 N–H and O–H groups in total. The second-order valence-corrected chi connectivity index (χ2v) is 5.15. The number of likely N-dealkylation sites (N-methyl/N-ethyl adjacent to an activating group) is 1. The molecular weight excluding hydrogens is 208 g/mol. The summed E-state index contributed by atoms with van der Waals surface area (Å²) in [5.74, 6) is -0.243. The number of quaternary nitrogens is 1. The van der Waals surface area contributed by atoms with Crippen LogP contribution in [0.15, 0.2) is 0 Å². The molecule has 92 valence electrons. The van der Waals surface area contributed by atoms with Gasteiger partial charge in [0.1, 0.15) is 19.7 Å². The van der Waals surface area contributed by atoms with Gasteiger partial charge in [-0.25, -0.2) is 0 Å². The molecule has 0 unspecified atom stereocenters. The lowest BCUT2D eigenvalue weighted by Crippen LogP contribution is -2.39. The van der Waals surface area contributed by atoms with Gasteiger partial charge in [0.2, 0.25) is 5.91 Å². The highest BCUT2D eigenvalue weighted by atomic mass is 16.5. The standard InChI is InChI=1S/C11H21N2O3/c1-13(2,3)7-8-16-11(15)9-12-6-4-5-10(12)14/h4-9H2,1-3H3/q+1. The first-order chi connectivity index (χ1) is 7.38. The fraction of sp³-hybridized carbons (Fsp3) is 0.818. The van der Waals surface area contributed by atoms with E-state index in [1.165, 1.54) is 0 Å². The number of rotatable bonds is 5. The van der Waals surface area contributed by atoms with E-state index in [1.54, 1.807) is 4.90 Å². The summed E-state index contributed by atoms with van der Waals surface area (Å²) in [6.45, 7) is 1.98. The van der Waals surface area contributed by atoms with E-state index in [0.717, 1.165) is 17.4 Å². The number of likely N-dealkylation sites (tertiary alicyclic amines) is 1. The quantitative estimate of drug-likeness (QED) is 0.487. The molecule has 1 heterocycles. The smallest absolute Gasteiger partial charge is 0.325 e.